The van der Waals surface area contributed by atoms with E-state index in [-0.39, 0.29) is 17.7 Å². The number of nitrogens with zero attached hydrogens (tertiary/aromatic N) is 2. The van der Waals surface area contributed by atoms with Gasteiger partial charge in [0, 0.05) is 37.7 Å². The van der Waals surface area contributed by atoms with Gasteiger partial charge in [0.05, 0.1) is 7.11 Å². The minimum Gasteiger partial charge on any atom is -0.497 e. The van der Waals surface area contributed by atoms with E-state index in [1.807, 2.05) is 34.9 Å². The number of hydrogen-bond acceptors (Lipinski definition) is 3. The van der Waals surface area contributed by atoms with E-state index < -0.39 is 0 Å². The lowest BCUT2D eigenvalue weighted by Crippen LogP contribution is -2.39. The molecule has 1 heterocycles. The summed E-state index contributed by atoms with van der Waals surface area (Å²) < 4.78 is 5.21. The van der Waals surface area contributed by atoms with E-state index in [0.717, 1.165) is 37.1 Å². The molecule has 0 radical (unpaired) electrons. The molecule has 25 heavy (non-hydrogen) atoms. The first-order valence-corrected chi connectivity index (χ1v) is 8.98. The molecule has 0 unspecified atom stereocenters. The van der Waals surface area contributed by atoms with Crippen LogP contribution in [-0.2, 0) is 4.79 Å². The number of allylic oxidation sites excluding steroid dienone is 2. The third kappa shape index (κ3) is 3.86. The molecule has 1 fully saturated rings. The van der Waals surface area contributed by atoms with Gasteiger partial charge in [0.2, 0.25) is 5.91 Å². The summed E-state index contributed by atoms with van der Waals surface area (Å²) in [5.74, 6) is 1.13. The molecule has 0 bridgehead atoms. The molecule has 2 amide bonds. The summed E-state index contributed by atoms with van der Waals surface area (Å²) in [7, 11) is 1.62. The number of benzene rings is 1. The van der Waals surface area contributed by atoms with Gasteiger partial charge in [-0.3, -0.25) is 9.59 Å². The van der Waals surface area contributed by atoms with Gasteiger partial charge in [-0.15, -0.1) is 0 Å². The second-order valence-electron chi connectivity index (χ2n) is 6.79. The number of amides is 2. The SMILES string of the molecule is COc1ccc(C(=O)N2CCCN(C(=O)C3CC=CC3)CC2)c(C)c1. The lowest BCUT2D eigenvalue weighted by Gasteiger charge is -2.25. The first kappa shape index (κ1) is 17.5. The molecule has 2 aliphatic rings. The molecule has 1 aromatic carbocycles. The van der Waals surface area contributed by atoms with Gasteiger partial charge in [-0.1, -0.05) is 12.2 Å². The van der Waals surface area contributed by atoms with E-state index in [1.54, 1.807) is 7.11 Å². The number of ether oxygens (including phenoxy) is 1. The van der Waals surface area contributed by atoms with E-state index >= 15 is 0 Å². The smallest absolute Gasteiger partial charge is 0.254 e. The van der Waals surface area contributed by atoms with Crippen LogP contribution in [0.3, 0.4) is 0 Å². The van der Waals surface area contributed by atoms with Crippen LogP contribution in [0.2, 0.25) is 0 Å². The van der Waals surface area contributed by atoms with Crippen LogP contribution in [0.5, 0.6) is 5.75 Å². The molecule has 1 aromatic rings. The van der Waals surface area contributed by atoms with Crippen LogP contribution in [-0.4, -0.2) is 54.9 Å². The molecule has 5 heteroatoms. The Morgan fingerprint density at radius 2 is 1.72 bits per heavy atom. The summed E-state index contributed by atoms with van der Waals surface area (Å²) in [6.07, 6.45) is 6.70. The van der Waals surface area contributed by atoms with Crippen molar-refractivity contribution in [2.45, 2.75) is 26.2 Å². The maximum absolute atomic E-state index is 12.9. The van der Waals surface area contributed by atoms with Gasteiger partial charge in [-0.2, -0.15) is 0 Å². The molecule has 0 spiro atoms. The number of aryl methyl sites for hydroxylation is 1. The molecule has 134 valence electrons. The summed E-state index contributed by atoms with van der Waals surface area (Å²) in [5.41, 5.74) is 1.62. The average molecular weight is 342 g/mol. The number of hydrogen-bond donors (Lipinski definition) is 0. The Morgan fingerprint density at radius 1 is 1.04 bits per heavy atom. The fourth-order valence-electron chi connectivity index (χ4n) is 3.59. The van der Waals surface area contributed by atoms with E-state index in [1.165, 1.54) is 0 Å². The van der Waals surface area contributed by atoms with E-state index in [4.69, 9.17) is 4.74 Å². The highest BCUT2D eigenvalue weighted by Gasteiger charge is 2.28. The molecule has 5 nitrogen and oxygen atoms in total. The summed E-state index contributed by atoms with van der Waals surface area (Å²) >= 11 is 0. The monoisotopic (exact) mass is 342 g/mol. The highest BCUT2D eigenvalue weighted by molar-refractivity contribution is 5.96. The van der Waals surface area contributed by atoms with Crippen molar-refractivity contribution in [3.8, 4) is 5.75 Å². The largest absolute Gasteiger partial charge is 0.497 e. The second kappa shape index (κ2) is 7.72. The summed E-state index contributed by atoms with van der Waals surface area (Å²) in [5, 5.41) is 0. The van der Waals surface area contributed by atoms with Crippen LogP contribution in [0.1, 0.15) is 35.2 Å². The molecular weight excluding hydrogens is 316 g/mol. The van der Waals surface area contributed by atoms with E-state index in [0.29, 0.717) is 25.2 Å². The van der Waals surface area contributed by atoms with Crippen LogP contribution in [0.15, 0.2) is 30.4 Å². The van der Waals surface area contributed by atoms with E-state index in [2.05, 4.69) is 12.2 Å². The number of methoxy groups -OCH3 is 1. The van der Waals surface area contributed by atoms with Gasteiger partial charge in [-0.25, -0.2) is 0 Å². The Balaban J connectivity index is 1.64. The maximum Gasteiger partial charge on any atom is 0.254 e. The zero-order valence-electron chi connectivity index (χ0n) is 15.0. The minimum absolute atomic E-state index is 0.0389. The Bertz CT molecular complexity index is 676. The Kier molecular flexibility index (Phi) is 5.41. The van der Waals surface area contributed by atoms with Gasteiger partial charge in [0.15, 0.2) is 0 Å². The van der Waals surface area contributed by atoms with Crippen LogP contribution in [0, 0.1) is 12.8 Å². The third-order valence-corrected chi connectivity index (χ3v) is 5.12. The number of rotatable bonds is 3. The van der Waals surface area contributed by atoms with Crippen molar-refractivity contribution in [3.05, 3.63) is 41.5 Å². The lowest BCUT2D eigenvalue weighted by molar-refractivity contribution is -0.135. The number of carbonyl (C=O) groups is 2. The van der Waals surface area contributed by atoms with Crippen LogP contribution < -0.4 is 4.74 Å². The van der Waals surface area contributed by atoms with Crippen molar-refractivity contribution in [2.75, 3.05) is 33.3 Å². The predicted molar refractivity (Wildman–Crippen MR) is 96.7 cm³/mol. The molecule has 1 aliphatic heterocycles. The topological polar surface area (TPSA) is 49.9 Å². The van der Waals surface area contributed by atoms with Crippen LogP contribution >= 0.6 is 0 Å². The van der Waals surface area contributed by atoms with Gasteiger partial charge in [-0.05, 0) is 49.9 Å². The van der Waals surface area contributed by atoms with E-state index in [9.17, 15) is 9.59 Å². The van der Waals surface area contributed by atoms with Crippen molar-refractivity contribution in [1.82, 2.24) is 9.80 Å². The second-order valence-corrected chi connectivity index (χ2v) is 6.79. The summed E-state index contributed by atoms with van der Waals surface area (Å²) in [6.45, 7) is 4.57. The standard InChI is InChI=1S/C20H26N2O3/c1-15-14-17(25-2)8-9-18(15)20(24)22-11-5-10-21(12-13-22)19(23)16-6-3-4-7-16/h3-4,8-9,14,16H,5-7,10-13H2,1-2H3. The molecule has 0 aromatic heterocycles. The van der Waals surface area contributed by atoms with Crippen molar-refractivity contribution in [2.24, 2.45) is 5.92 Å². The quantitative estimate of drug-likeness (QED) is 0.794. The van der Waals surface area contributed by atoms with Crippen LogP contribution in [0.4, 0.5) is 0 Å². The normalized spacial score (nSPS) is 18.3. The molecule has 3 rings (SSSR count). The third-order valence-electron chi connectivity index (χ3n) is 5.12. The first-order valence-electron chi connectivity index (χ1n) is 8.98. The van der Waals surface area contributed by atoms with Crippen LogP contribution in [0.25, 0.3) is 0 Å². The highest BCUT2D eigenvalue weighted by atomic mass is 16.5. The average Bonchev–Trinajstić information content (AvgIpc) is 3.05. The molecule has 1 saturated heterocycles. The minimum atomic E-state index is 0.0389. The zero-order chi connectivity index (χ0) is 17.8. The summed E-state index contributed by atoms with van der Waals surface area (Å²) in [4.78, 5) is 29.3. The van der Waals surface area contributed by atoms with Gasteiger partial charge in [0.1, 0.15) is 5.75 Å². The fraction of sp³-hybridized carbons (Fsp3) is 0.500. The predicted octanol–water partition coefficient (Wildman–Crippen LogP) is 2.64. The molecule has 0 saturated carbocycles. The van der Waals surface area contributed by atoms with Crippen molar-refractivity contribution in [3.63, 3.8) is 0 Å². The van der Waals surface area contributed by atoms with Crippen molar-refractivity contribution in [1.29, 1.82) is 0 Å². The fourth-order valence-corrected chi connectivity index (χ4v) is 3.59. The number of carbonyl (C=O) groups excluding carboxylic acids is 2. The van der Waals surface area contributed by atoms with Gasteiger partial charge < -0.3 is 14.5 Å². The molecular formula is C20H26N2O3. The molecule has 0 N–H and O–H groups in total. The Hall–Kier alpha value is -2.30. The first-order chi connectivity index (χ1) is 12.1. The Labute approximate surface area is 149 Å². The Morgan fingerprint density at radius 3 is 2.40 bits per heavy atom. The van der Waals surface area contributed by atoms with Crippen molar-refractivity contribution >= 4 is 11.8 Å². The highest BCUT2D eigenvalue weighted by Crippen LogP contribution is 2.22. The lowest BCUT2D eigenvalue weighted by atomic mass is 10.1. The zero-order valence-corrected chi connectivity index (χ0v) is 15.0. The van der Waals surface area contributed by atoms with Gasteiger partial charge >= 0.3 is 0 Å². The summed E-state index contributed by atoms with van der Waals surface area (Å²) in [6, 6.07) is 5.53. The molecule has 1 aliphatic carbocycles. The molecule has 0 atom stereocenters. The van der Waals surface area contributed by atoms with Gasteiger partial charge in [0.25, 0.3) is 5.91 Å². The maximum atomic E-state index is 12.9. The van der Waals surface area contributed by atoms with Crippen molar-refractivity contribution < 1.29 is 14.3 Å².